The Hall–Kier alpha value is -1.87. The molecule has 0 radical (unpaired) electrons. The van der Waals surface area contributed by atoms with E-state index in [1.165, 1.54) is 24.6 Å². The topological polar surface area (TPSA) is 32.3 Å². The van der Waals surface area contributed by atoms with E-state index in [2.05, 4.69) is 28.4 Å². The van der Waals surface area contributed by atoms with E-state index in [1.807, 2.05) is 31.2 Å². The molecule has 110 valence electrons. The number of amides is 1. The van der Waals surface area contributed by atoms with Crippen LogP contribution in [0.15, 0.2) is 42.5 Å². The molecule has 0 bridgehead atoms. The predicted molar refractivity (Wildman–Crippen MR) is 87.5 cm³/mol. The fourth-order valence-corrected chi connectivity index (χ4v) is 2.99. The van der Waals surface area contributed by atoms with Crippen molar-refractivity contribution < 1.29 is 4.79 Å². The Bertz CT molecular complexity index is 632. The van der Waals surface area contributed by atoms with Gasteiger partial charge in [0.1, 0.15) is 0 Å². The highest BCUT2D eigenvalue weighted by atomic mass is 16.2. The molecule has 3 rings (SSSR count). The van der Waals surface area contributed by atoms with Gasteiger partial charge in [-0.3, -0.25) is 9.69 Å². The van der Waals surface area contributed by atoms with Crippen LogP contribution in [-0.2, 0) is 4.79 Å². The molecule has 3 heteroatoms. The Morgan fingerprint density at radius 1 is 1.05 bits per heavy atom. The molecule has 0 aromatic heterocycles. The lowest BCUT2D eigenvalue weighted by molar-refractivity contribution is -0.121. The summed E-state index contributed by atoms with van der Waals surface area (Å²) in [5.74, 6) is 0.0900. The monoisotopic (exact) mass is 282 g/mol. The van der Waals surface area contributed by atoms with Crippen LogP contribution in [0, 0.1) is 0 Å². The van der Waals surface area contributed by atoms with Gasteiger partial charge in [0.25, 0.3) is 0 Å². The van der Waals surface area contributed by atoms with Crippen LogP contribution in [0.5, 0.6) is 0 Å². The number of hydrogen-bond donors (Lipinski definition) is 1. The van der Waals surface area contributed by atoms with Crippen LogP contribution in [0.1, 0.15) is 26.2 Å². The summed E-state index contributed by atoms with van der Waals surface area (Å²) < 4.78 is 0. The van der Waals surface area contributed by atoms with Crippen LogP contribution in [-0.4, -0.2) is 29.9 Å². The highest BCUT2D eigenvalue weighted by Gasteiger charge is 2.22. The van der Waals surface area contributed by atoms with E-state index in [0.717, 1.165) is 24.2 Å². The molecule has 2 aromatic rings. The molecule has 1 amide bonds. The smallest absolute Gasteiger partial charge is 0.241 e. The summed E-state index contributed by atoms with van der Waals surface area (Å²) in [6, 6.07) is 14.2. The number of anilines is 1. The quantitative estimate of drug-likeness (QED) is 0.932. The molecule has 1 fully saturated rings. The molecule has 0 aliphatic carbocycles. The molecular formula is C18H22N2O. The molecule has 1 heterocycles. The summed E-state index contributed by atoms with van der Waals surface area (Å²) >= 11 is 0. The van der Waals surface area contributed by atoms with E-state index >= 15 is 0 Å². The minimum Gasteiger partial charge on any atom is -0.325 e. The van der Waals surface area contributed by atoms with Gasteiger partial charge in [0, 0.05) is 5.69 Å². The third kappa shape index (κ3) is 3.24. The standard InChI is InChI=1S/C18H22N2O/c1-14(20-11-5-2-6-12-20)18(21)19-17-10-9-15-7-3-4-8-16(15)13-17/h3-4,7-10,13-14H,2,5-6,11-12H2,1H3,(H,19,21)/t14-/m1/s1. The Kier molecular flexibility index (Phi) is 4.20. The highest BCUT2D eigenvalue weighted by molar-refractivity contribution is 5.97. The van der Waals surface area contributed by atoms with Crippen LogP contribution in [0.25, 0.3) is 10.8 Å². The first kappa shape index (κ1) is 14.1. The van der Waals surface area contributed by atoms with Crippen LogP contribution in [0.4, 0.5) is 5.69 Å². The van der Waals surface area contributed by atoms with Crippen molar-refractivity contribution in [3.05, 3.63) is 42.5 Å². The van der Waals surface area contributed by atoms with E-state index in [-0.39, 0.29) is 11.9 Å². The second-order valence-electron chi connectivity index (χ2n) is 5.82. The summed E-state index contributed by atoms with van der Waals surface area (Å²) in [6.45, 7) is 4.07. The number of hydrogen-bond acceptors (Lipinski definition) is 2. The van der Waals surface area contributed by atoms with Gasteiger partial charge in [-0.1, -0.05) is 36.8 Å². The Labute approximate surface area is 125 Å². The second-order valence-corrected chi connectivity index (χ2v) is 5.82. The zero-order chi connectivity index (χ0) is 14.7. The zero-order valence-electron chi connectivity index (χ0n) is 12.5. The third-order valence-electron chi connectivity index (χ3n) is 4.33. The molecule has 1 N–H and O–H groups in total. The number of carbonyl (C=O) groups excluding carboxylic acids is 1. The number of carbonyl (C=O) groups is 1. The van der Waals surface area contributed by atoms with E-state index in [9.17, 15) is 4.79 Å². The lowest BCUT2D eigenvalue weighted by Gasteiger charge is -2.31. The van der Waals surface area contributed by atoms with Crippen molar-refractivity contribution in [1.82, 2.24) is 4.90 Å². The van der Waals surface area contributed by atoms with Crippen LogP contribution in [0.2, 0.25) is 0 Å². The number of benzene rings is 2. The van der Waals surface area contributed by atoms with Gasteiger partial charge < -0.3 is 5.32 Å². The van der Waals surface area contributed by atoms with Gasteiger partial charge >= 0.3 is 0 Å². The van der Waals surface area contributed by atoms with Crippen molar-refractivity contribution in [1.29, 1.82) is 0 Å². The fraction of sp³-hybridized carbons (Fsp3) is 0.389. The first-order valence-corrected chi connectivity index (χ1v) is 7.78. The molecular weight excluding hydrogens is 260 g/mol. The highest BCUT2D eigenvalue weighted by Crippen LogP contribution is 2.20. The van der Waals surface area contributed by atoms with Crippen molar-refractivity contribution in [3.8, 4) is 0 Å². The minimum absolute atomic E-state index is 0.0585. The maximum atomic E-state index is 12.4. The summed E-state index contributed by atoms with van der Waals surface area (Å²) in [6.07, 6.45) is 3.69. The van der Waals surface area contributed by atoms with E-state index in [0.29, 0.717) is 0 Å². The Balaban J connectivity index is 1.70. The summed E-state index contributed by atoms with van der Waals surface area (Å²) in [5, 5.41) is 5.40. The van der Waals surface area contributed by atoms with Crippen molar-refractivity contribution >= 4 is 22.4 Å². The number of fused-ring (bicyclic) bond motifs is 1. The first-order chi connectivity index (χ1) is 10.2. The van der Waals surface area contributed by atoms with Gasteiger partial charge in [0.15, 0.2) is 0 Å². The van der Waals surface area contributed by atoms with Gasteiger partial charge in [-0.15, -0.1) is 0 Å². The normalized spacial score (nSPS) is 17.6. The fourth-order valence-electron chi connectivity index (χ4n) is 2.99. The van der Waals surface area contributed by atoms with Crippen molar-refractivity contribution in [2.75, 3.05) is 18.4 Å². The van der Waals surface area contributed by atoms with Crippen molar-refractivity contribution in [2.45, 2.75) is 32.2 Å². The lowest BCUT2D eigenvalue weighted by Crippen LogP contribution is -2.44. The van der Waals surface area contributed by atoms with Crippen LogP contribution in [0.3, 0.4) is 0 Å². The Morgan fingerprint density at radius 2 is 1.76 bits per heavy atom. The Morgan fingerprint density at radius 3 is 2.52 bits per heavy atom. The van der Waals surface area contributed by atoms with Crippen molar-refractivity contribution in [3.63, 3.8) is 0 Å². The SMILES string of the molecule is C[C@H](C(=O)Nc1ccc2ccccc2c1)N1CCCCC1. The maximum absolute atomic E-state index is 12.4. The van der Waals surface area contributed by atoms with E-state index < -0.39 is 0 Å². The van der Waals surface area contributed by atoms with Gasteiger partial charge in [-0.25, -0.2) is 0 Å². The first-order valence-electron chi connectivity index (χ1n) is 7.78. The maximum Gasteiger partial charge on any atom is 0.241 e. The molecule has 1 atom stereocenters. The molecule has 1 aliphatic heterocycles. The van der Waals surface area contributed by atoms with E-state index in [4.69, 9.17) is 0 Å². The molecule has 1 aliphatic rings. The number of likely N-dealkylation sites (tertiary alicyclic amines) is 1. The average molecular weight is 282 g/mol. The largest absolute Gasteiger partial charge is 0.325 e. The molecule has 0 saturated carbocycles. The zero-order valence-corrected chi connectivity index (χ0v) is 12.5. The van der Waals surface area contributed by atoms with E-state index in [1.54, 1.807) is 0 Å². The summed E-state index contributed by atoms with van der Waals surface area (Å²) in [7, 11) is 0. The average Bonchev–Trinajstić information content (AvgIpc) is 2.55. The molecule has 0 spiro atoms. The molecule has 1 saturated heterocycles. The number of nitrogens with one attached hydrogen (secondary N) is 1. The summed E-state index contributed by atoms with van der Waals surface area (Å²) in [5.41, 5.74) is 0.877. The van der Waals surface area contributed by atoms with Gasteiger partial charge in [-0.05, 0) is 55.8 Å². The predicted octanol–water partition coefficient (Wildman–Crippen LogP) is 3.65. The molecule has 2 aromatic carbocycles. The lowest BCUT2D eigenvalue weighted by atomic mass is 10.1. The van der Waals surface area contributed by atoms with Crippen LogP contribution >= 0.6 is 0 Å². The summed E-state index contributed by atoms with van der Waals surface area (Å²) in [4.78, 5) is 14.7. The number of rotatable bonds is 3. The number of nitrogens with zero attached hydrogens (tertiary/aromatic N) is 1. The molecule has 3 nitrogen and oxygen atoms in total. The van der Waals surface area contributed by atoms with Gasteiger partial charge in [0.2, 0.25) is 5.91 Å². The van der Waals surface area contributed by atoms with Gasteiger partial charge in [-0.2, -0.15) is 0 Å². The van der Waals surface area contributed by atoms with Crippen molar-refractivity contribution in [2.24, 2.45) is 0 Å². The molecule has 0 unspecified atom stereocenters. The van der Waals surface area contributed by atoms with Gasteiger partial charge in [0.05, 0.1) is 6.04 Å². The third-order valence-corrected chi connectivity index (χ3v) is 4.33. The molecule has 21 heavy (non-hydrogen) atoms. The minimum atomic E-state index is -0.0585. The second kappa shape index (κ2) is 6.27. The number of piperidine rings is 1. The van der Waals surface area contributed by atoms with Crippen LogP contribution < -0.4 is 5.32 Å².